The standard InChI is InChI=1S/C21H20N2O4/c1-26-21(25)15-6-7-16(12-15)23-20(24)14-4-2-13(3-5-14)19-17-9-11-27-18(17)8-10-22-19/h2-5,8-11,15-16H,6-7,12H2,1H3,(H,23,24)/t15-,16-/m0/s1. The first-order valence-electron chi connectivity index (χ1n) is 8.97. The number of fused-ring (bicyclic) bond motifs is 1. The van der Waals surface area contributed by atoms with Gasteiger partial charge in [-0.3, -0.25) is 14.6 Å². The van der Waals surface area contributed by atoms with Crippen molar-refractivity contribution >= 4 is 22.8 Å². The second-order valence-electron chi connectivity index (χ2n) is 6.77. The predicted molar refractivity (Wildman–Crippen MR) is 100 cm³/mol. The zero-order valence-corrected chi connectivity index (χ0v) is 15.0. The molecule has 1 fully saturated rings. The fourth-order valence-corrected chi connectivity index (χ4v) is 3.67. The van der Waals surface area contributed by atoms with Crippen LogP contribution in [0.25, 0.3) is 22.2 Å². The van der Waals surface area contributed by atoms with Crippen LogP contribution in [0.3, 0.4) is 0 Å². The molecule has 2 heterocycles. The summed E-state index contributed by atoms with van der Waals surface area (Å²) in [4.78, 5) is 28.6. The van der Waals surface area contributed by atoms with Crippen molar-refractivity contribution in [3.63, 3.8) is 0 Å². The van der Waals surface area contributed by atoms with E-state index in [9.17, 15) is 9.59 Å². The Morgan fingerprint density at radius 2 is 1.96 bits per heavy atom. The second-order valence-corrected chi connectivity index (χ2v) is 6.77. The summed E-state index contributed by atoms with van der Waals surface area (Å²) in [5, 5.41) is 3.95. The molecule has 138 valence electrons. The van der Waals surface area contributed by atoms with Gasteiger partial charge in [-0.1, -0.05) is 12.1 Å². The smallest absolute Gasteiger partial charge is 0.308 e. The molecule has 0 radical (unpaired) electrons. The van der Waals surface area contributed by atoms with Gasteiger partial charge < -0.3 is 14.5 Å². The summed E-state index contributed by atoms with van der Waals surface area (Å²) in [6, 6.07) is 11.1. The number of pyridine rings is 1. The van der Waals surface area contributed by atoms with E-state index in [1.165, 1.54) is 7.11 Å². The number of hydrogen-bond donors (Lipinski definition) is 1. The first-order chi connectivity index (χ1) is 13.2. The Morgan fingerprint density at radius 1 is 1.15 bits per heavy atom. The van der Waals surface area contributed by atoms with Crippen LogP contribution < -0.4 is 5.32 Å². The van der Waals surface area contributed by atoms with Crippen molar-refractivity contribution in [3.05, 3.63) is 54.4 Å². The second kappa shape index (κ2) is 7.23. The molecule has 1 aromatic carbocycles. The molecule has 1 saturated carbocycles. The van der Waals surface area contributed by atoms with Gasteiger partial charge >= 0.3 is 5.97 Å². The fourth-order valence-electron chi connectivity index (χ4n) is 3.67. The fraction of sp³-hybridized carbons (Fsp3) is 0.286. The van der Waals surface area contributed by atoms with Crippen LogP contribution in [0.15, 0.2) is 53.3 Å². The van der Waals surface area contributed by atoms with E-state index in [0.29, 0.717) is 12.0 Å². The number of methoxy groups -OCH3 is 1. The van der Waals surface area contributed by atoms with Gasteiger partial charge in [0.05, 0.1) is 25.0 Å². The summed E-state index contributed by atoms with van der Waals surface area (Å²) in [5.74, 6) is -0.451. The van der Waals surface area contributed by atoms with E-state index in [2.05, 4.69) is 10.3 Å². The Morgan fingerprint density at radius 3 is 2.74 bits per heavy atom. The lowest BCUT2D eigenvalue weighted by Crippen LogP contribution is -2.33. The average Bonchev–Trinajstić information content (AvgIpc) is 3.36. The van der Waals surface area contributed by atoms with E-state index < -0.39 is 0 Å². The lowest BCUT2D eigenvalue weighted by molar-refractivity contribution is -0.145. The molecule has 0 unspecified atom stereocenters. The third-order valence-electron chi connectivity index (χ3n) is 5.10. The molecule has 1 amide bonds. The number of benzene rings is 1. The van der Waals surface area contributed by atoms with Gasteiger partial charge in [-0.2, -0.15) is 0 Å². The van der Waals surface area contributed by atoms with Crippen LogP contribution >= 0.6 is 0 Å². The molecule has 2 aromatic heterocycles. The van der Waals surface area contributed by atoms with E-state index in [1.54, 1.807) is 24.6 Å². The summed E-state index contributed by atoms with van der Waals surface area (Å²) in [5.41, 5.74) is 3.11. The van der Waals surface area contributed by atoms with E-state index >= 15 is 0 Å². The number of rotatable bonds is 4. The normalized spacial score (nSPS) is 19.1. The SMILES string of the molecule is COC(=O)[C@H]1CC[C@H](NC(=O)c2ccc(-c3nccc4occc34)cc2)C1. The van der Waals surface area contributed by atoms with Gasteiger partial charge in [0.2, 0.25) is 0 Å². The summed E-state index contributed by atoms with van der Waals surface area (Å²) >= 11 is 0. The van der Waals surface area contributed by atoms with E-state index in [0.717, 1.165) is 35.1 Å². The van der Waals surface area contributed by atoms with E-state index in [-0.39, 0.29) is 23.8 Å². The molecular formula is C21H20N2O4. The summed E-state index contributed by atoms with van der Waals surface area (Å²) in [6.07, 6.45) is 5.51. The number of nitrogens with zero attached hydrogens (tertiary/aromatic N) is 1. The number of carbonyl (C=O) groups excluding carboxylic acids is 2. The Kier molecular flexibility index (Phi) is 4.62. The maximum absolute atomic E-state index is 12.5. The zero-order chi connectivity index (χ0) is 18.8. The van der Waals surface area contributed by atoms with Crippen molar-refractivity contribution < 1.29 is 18.7 Å². The summed E-state index contributed by atoms with van der Waals surface area (Å²) in [7, 11) is 1.40. The molecule has 2 atom stereocenters. The van der Waals surface area contributed by atoms with Crippen molar-refractivity contribution in [1.29, 1.82) is 0 Å². The van der Waals surface area contributed by atoms with Crippen LogP contribution in [0, 0.1) is 5.92 Å². The highest BCUT2D eigenvalue weighted by Gasteiger charge is 2.31. The minimum atomic E-state index is -0.197. The number of carbonyl (C=O) groups is 2. The third kappa shape index (κ3) is 3.43. The van der Waals surface area contributed by atoms with Crippen LogP contribution in [0.4, 0.5) is 0 Å². The molecule has 0 aliphatic heterocycles. The first-order valence-corrected chi connectivity index (χ1v) is 8.97. The van der Waals surface area contributed by atoms with Crippen molar-refractivity contribution in [2.45, 2.75) is 25.3 Å². The molecule has 6 heteroatoms. The highest BCUT2D eigenvalue weighted by atomic mass is 16.5. The quantitative estimate of drug-likeness (QED) is 0.716. The van der Waals surface area contributed by atoms with Crippen LogP contribution in [-0.2, 0) is 9.53 Å². The maximum Gasteiger partial charge on any atom is 0.308 e. The molecule has 6 nitrogen and oxygen atoms in total. The van der Waals surface area contributed by atoms with Gasteiger partial charge in [0, 0.05) is 28.8 Å². The monoisotopic (exact) mass is 364 g/mol. The Bertz CT molecular complexity index is 977. The molecular weight excluding hydrogens is 344 g/mol. The Hall–Kier alpha value is -3.15. The lowest BCUT2D eigenvalue weighted by atomic mass is 10.1. The predicted octanol–water partition coefficient (Wildman–Crippen LogP) is 3.57. The number of esters is 1. The Balaban J connectivity index is 1.46. The summed E-state index contributed by atoms with van der Waals surface area (Å²) < 4.78 is 10.2. The van der Waals surface area contributed by atoms with Crippen molar-refractivity contribution in [1.82, 2.24) is 10.3 Å². The highest BCUT2D eigenvalue weighted by Crippen LogP contribution is 2.28. The van der Waals surface area contributed by atoms with E-state index in [4.69, 9.17) is 9.15 Å². The third-order valence-corrected chi connectivity index (χ3v) is 5.10. The average molecular weight is 364 g/mol. The first kappa shape index (κ1) is 17.3. The van der Waals surface area contributed by atoms with E-state index in [1.807, 2.05) is 24.3 Å². The number of aromatic nitrogens is 1. The molecule has 0 spiro atoms. The summed E-state index contributed by atoms with van der Waals surface area (Å²) in [6.45, 7) is 0. The Labute approximate surface area is 156 Å². The highest BCUT2D eigenvalue weighted by molar-refractivity contribution is 5.96. The maximum atomic E-state index is 12.5. The molecule has 3 aromatic rings. The minimum absolute atomic E-state index is 0.00243. The molecule has 1 N–H and O–H groups in total. The molecule has 0 bridgehead atoms. The zero-order valence-electron chi connectivity index (χ0n) is 15.0. The van der Waals surface area contributed by atoms with Crippen molar-refractivity contribution in [2.75, 3.05) is 7.11 Å². The molecule has 1 aliphatic rings. The van der Waals surface area contributed by atoms with Crippen LogP contribution in [0.1, 0.15) is 29.6 Å². The topological polar surface area (TPSA) is 81.4 Å². The largest absolute Gasteiger partial charge is 0.469 e. The number of furan rings is 1. The van der Waals surface area contributed by atoms with Gasteiger partial charge in [-0.15, -0.1) is 0 Å². The minimum Gasteiger partial charge on any atom is -0.469 e. The number of hydrogen-bond acceptors (Lipinski definition) is 5. The van der Waals surface area contributed by atoms with Crippen LogP contribution in [-0.4, -0.2) is 30.0 Å². The van der Waals surface area contributed by atoms with Gasteiger partial charge in [-0.25, -0.2) is 0 Å². The van der Waals surface area contributed by atoms with Gasteiger partial charge in [0.15, 0.2) is 0 Å². The molecule has 4 rings (SSSR count). The van der Waals surface area contributed by atoms with Crippen LogP contribution in [0.5, 0.6) is 0 Å². The van der Waals surface area contributed by atoms with Crippen molar-refractivity contribution in [2.24, 2.45) is 5.92 Å². The van der Waals surface area contributed by atoms with Gasteiger partial charge in [0.25, 0.3) is 5.91 Å². The molecule has 27 heavy (non-hydrogen) atoms. The molecule has 1 aliphatic carbocycles. The van der Waals surface area contributed by atoms with Crippen molar-refractivity contribution in [3.8, 4) is 11.3 Å². The van der Waals surface area contributed by atoms with Gasteiger partial charge in [0.1, 0.15) is 5.58 Å². The number of ether oxygens (including phenoxy) is 1. The number of amides is 1. The molecule has 0 saturated heterocycles. The lowest BCUT2D eigenvalue weighted by Gasteiger charge is -2.13. The number of nitrogens with one attached hydrogen (secondary N) is 1. The van der Waals surface area contributed by atoms with Crippen LogP contribution in [0.2, 0.25) is 0 Å². The van der Waals surface area contributed by atoms with Gasteiger partial charge in [-0.05, 0) is 43.5 Å².